The minimum atomic E-state index is 0.518. The first-order valence-electron chi connectivity index (χ1n) is 7.76. The number of hydrogen-bond acceptors (Lipinski definition) is 3. The molecule has 2 fully saturated rings. The van der Waals surface area contributed by atoms with Gasteiger partial charge >= 0.3 is 0 Å². The smallest absolute Gasteiger partial charge is 0.0572 e. The maximum absolute atomic E-state index is 5.41. The normalized spacial score (nSPS) is 30.2. The van der Waals surface area contributed by atoms with Crippen LogP contribution in [0.2, 0.25) is 0 Å². The molecule has 2 aliphatic rings. The van der Waals surface area contributed by atoms with Crippen LogP contribution in [-0.2, 0) is 4.74 Å². The highest BCUT2D eigenvalue weighted by Crippen LogP contribution is 2.22. The molecule has 0 aliphatic heterocycles. The quantitative estimate of drug-likeness (QED) is 0.788. The van der Waals surface area contributed by atoms with Crippen molar-refractivity contribution in [3.63, 3.8) is 0 Å². The second-order valence-corrected chi connectivity index (χ2v) is 6.08. The van der Waals surface area contributed by atoms with Crippen LogP contribution >= 0.6 is 0 Å². The molecule has 0 amide bonds. The van der Waals surface area contributed by atoms with Gasteiger partial charge in [-0.15, -0.1) is 0 Å². The van der Waals surface area contributed by atoms with Gasteiger partial charge in [0.05, 0.1) is 6.10 Å². The summed E-state index contributed by atoms with van der Waals surface area (Å²) in [4.78, 5) is 2.56. The van der Waals surface area contributed by atoms with Crippen molar-refractivity contribution in [1.82, 2.24) is 10.2 Å². The maximum Gasteiger partial charge on any atom is 0.0572 e. The van der Waals surface area contributed by atoms with E-state index in [2.05, 4.69) is 17.3 Å². The van der Waals surface area contributed by atoms with E-state index >= 15 is 0 Å². The molecule has 0 atom stereocenters. The largest absolute Gasteiger partial charge is 0.381 e. The molecular formula is C15H30N2O. The van der Waals surface area contributed by atoms with Gasteiger partial charge in [0.2, 0.25) is 0 Å². The Hall–Kier alpha value is -0.120. The van der Waals surface area contributed by atoms with Crippen molar-refractivity contribution in [2.24, 2.45) is 0 Å². The molecule has 0 heterocycles. The van der Waals surface area contributed by atoms with E-state index in [1.807, 2.05) is 7.11 Å². The van der Waals surface area contributed by atoms with Crippen molar-refractivity contribution in [3.05, 3.63) is 0 Å². The monoisotopic (exact) mass is 254 g/mol. The van der Waals surface area contributed by atoms with Gasteiger partial charge in [-0.1, -0.05) is 12.8 Å². The Bertz CT molecular complexity index is 221. The minimum Gasteiger partial charge on any atom is -0.381 e. The topological polar surface area (TPSA) is 24.5 Å². The van der Waals surface area contributed by atoms with Crippen LogP contribution in [0.1, 0.15) is 51.4 Å². The summed E-state index contributed by atoms with van der Waals surface area (Å²) >= 11 is 0. The fourth-order valence-corrected chi connectivity index (χ4v) is 3.48. The lowest BCUT2D eigenvalue weighted by Gasteiger charge is -2.30. The molecule has 0 aromatic rings. The summed E-state index contributed by atoms with van der Waals surface area (Å²) < 4.78 is 5.41. The fourth-order valence-electron chi connectivity index (χ4n) is 3.48. The van der Waals surface area contributed by atoms with Gasteiger partial charge in [-0.3, -0.25) is 0 Å². The van der Waals surface area contributed by atoms with Crippen LogP contribution in [0.25, 0.3) is 0 Å². The molecule has 0 aromatic heterocycles. The van der Waals surface area contributed by atoms with E-state index in [1.165, 1.54) is 57.9 Å². The van der Waals surface area contributed by atoms with E-state index in [4.69, 9.17) is 4.74 Å². The summed E-state index contributed by atoms with van der Waals surface area (Å²) in [5.74, 6) is 0. The lowest BCUT2D eigenvalue weighted by atomic mass is 9.93. The molecule has 1 N–H and O–H groups in total. The number of ether oxygens (including phenoxy) is 1. The number of methoxy groups -OCH3 is 1. The average molecular weight is 254 g/mol. The van der Waals surface area contributed by atoms with Crippen LogP contribution in [-0.4, -0.2) is 50.3 Å². The highest BCUT2D eigenvalue weighted by Gasteiger charge is 2.21. The molecule has 0 radical (unpaired) electrons. The van der Waals surface area contributed by atoms with Crippen LogP contribution in [0, 0.1) is 0 Å². The van der Waals surface area contributed by atoms with Gasteiger partial charge in [-0.05, 0) is 45.6 Å². The molecule has 3 nitrogen and oxygen atoms in total. The Morgan fingerprint density at radius 2 is 1.72 bits per heavy atom. The van der Waals surface area contributed by atoms with E-state index in [0.717, 1.165) is 18.6 Å². The van der Waals surface area contributed by atoms with Crippen molar-refractivity contribution in [3.8, 4) is 0 Å². The summed E-state index contributed by atoms with van der Waals surface area (Å²) in [5.41, 5.74) is 0. The molecule has 106 valence electrons. The number of nitrogens with one attached hydrogen (secondary N) is 1. The molecule has 18 heavy (non-hydrogen) atoms. The first-order valence-corrected chi connectivity index (χ1v) is 7.76. The second-order valence-electron chi connectivity index (χ2n) is 6.08. The molecule has 2 aliphatic carbocycles. The molecule has 2 rings (SSSR count). The van der Waals surface area contributed by atoms with Gasteiger partial charge in [-0.2, -0.15) is 0 Å². The van der Waals surface area contributed by atoms with Gasteiger partial charge in [0, 0.05) is 32.3 Å². The minimum absolute atomic E-state index is 0.518. The maximum atomic E-state index is 5.41. The first kappa shape index (κ1) is 14.3. The molecule has 0 unspecified atom stereocenters. The highest BCUT2D eigenvalue weighted by molar-refractivity contribution is 4.79. The molecule has 0 aromatic carbocycles. The summed E-state index contributed by atoms with van der Waals surface area (Å²) in [6.07, 6.45) is 11.2. The third kappa shape index (κ3) is 4.22. The van der Waals surface area contributed by atoms with Crippen LogP contribution in [0.4, 0.5) is 0 Å². The van der Waals surface area contributed by atoms with Crippen LogP contribution in [0.15, 0.2) is 0 Å². The first-order chi connectivity index (χ1) is 8.79. The van der Waals surface area contributed by atoms with E-state index in [9.17, 15) is 0 Å². The predicted octanol–water partition coefficient (Wildman–Crippen LogP) is 2.41. The lowest BCUT2D eigenvalue weighted by molar-refractivity contribution is 0.0622. The molecule has 0 saturated heterocycles. The van der Waals surface area contributed by atoms with Crippen LogP contribution in [0.3, 0.4) is 0 Å². The van der Waals surface area contributed by atoms with Crippen molar-refractivity contribution < 1.29 is 4.74 Å². The average Bonchev–Trinajstić information content (AvgIpc) is 2.93. The van der Waals surface area contributed by atoms with Crippen molar-refractivity contribution in [2.45, 2.75) is 69.6 Å². The van der Waals surface area contributed by atoms with Crippen LogP contribution < -0.4 is 5.32 Å². The van der Waals surface area contributed by atoms with Crippen molar-refractivity contribution in [2.75, 3.05) is 27.2 Å². The predicted molar refractivity (Wildman–Crippen MR) is 75.9 cm³/mol. The molecule has 0 bridgehead atoms. The van der Waals surface area contributed by atoms with Gasteiger partial charge in [0.1, 0.15) is 0 Å². The zero-order valence-corrected chi connectivity index (χ0v) is 12.2. The van der Waals surface area contributed by atoms with Crippen molar-refractivity contribution >= 4 is 0 Å². The summed E-state index contributed by atoms with van der Waals surface area (Å²) in [5, 5.41) is 3.72. The fraction of sp³-hybridized carbons (Fsp3) is 1.00. The Balaban J connectivity index is 1.55. The third-order valence-corrected chi connectivity index (χ3v) is 4.85. The Labute approximate surface area is 112 Å². The molecule has 2 saturated carbocycles. The van der Waals surface area contributed by atoms with Crippen molar-refractivity contribution in [1.29, 1.82) is 0 Å². The molecule has 3 heteroatoms. The summed E-state index contributed by atoms with van der Waals surface area (Å²) in [6, 6.07) is 1.59. The van der Waals surface area contributed by atoms with Gasteiger partial charge < -0.3 is 15.0 Å². The number of likely N-dealkylation sites (N-methyl/N-ethyl adjacent to an activating group) is 1. The highest BCUT2D eigenvalue weighted by atomic mass is 16.5. The number of nitrogens with zero attached hydrogens (tertiary/aromatic N) is 1. The van der Waals surface area contributed by atoms with Gasteiger partial charge in [-0.25, -0.2) is 0 Å². The Morgan fingerprint density at radius 1 is 1.06 bits per heavy atom. The SMILES string of the molecule is COC1CCC(NCCN(C)C2CCCC2)CC1. The molecular weight excluding hydrogens is 224 g/mol. The van der Waals surface area contributed by atoms with Crippen LogP contribution in [0.5, 0.6) is 0 Å². The number of hydrogen-bond donors (Lipinski definition) is 1. The zero-order chi connectivity index (χ0) is 12.8. The summed E-state index contributed by atoms with van der Waals surface area (Å²) in [6.45, 7) is 2.35. The van der Waals surface area contributed by atoms with Gasteiger partial charge in [0.25, 0.3) is 0 Å². The third-order valence-electron chi connectivity index (χ3n) is 4.85. The van der Waals surface area contributed by atoms with E-state index in [0.29, 0.717) is 6.10 Å². The van der Waals surface area contributed by atoms with E-state index in [-0.39, 0.29) is 0 Å². The number of rotatable bonds is 6. The second kappa shape index (κ2) is 7.46. The van der Waals surface area contributed by atoms with E-state index in [1.54, 1.807) is 0 Å². The van der Waals surface area contributed by atoms with Gasteiger partial charge in [0.15, 0.2) is 0 Å². The zero-order valence-electron chi connectivity index (χ0n) is 12.2. The lowest BCUT2D eigenvalue weighted by Crippen LogP contribution is -2.41. The summed E-state index contributed by atoms with van der Waals surface area (Å²) in [7, 11) is 4.13. The molecule has 0 spiro atoms. The standard InChI is InChI=1S/C15H30N2O/c1-17(14-5-3-4-6-14)12-11-16-13-7-9-15(18-2)10-8-13/h13-16H,3-12H2,1-2H3. The Morgan fingerprint density at radius 3 is 2.33 bits per heavy atom. The Kier molecular flexibility index (Phi) is 5.93. The van der Waals surface area contributed by atoms with E-state index < -0.39 is 0 Å².